The van der Waals surface area contributed by atoms with Crippen LogP contribution in [0.2, 0.25) is 0 Å². The number of thiophene rings is 2. The molecule has 7 aromatic carbocycles. The second-order valence-electron chi connectivity index (χ2n) is 17.3. The van der Waals surface area contributed by atoms with Crippen molar-refractivity contribution in [3.63, 3.8) is 0 Å². The first-order valence-electron chi connectivity index (χ1n) is 21.9. The fourth-order valence-corrected chi connectivity index (χ4v) is 16.7. The van der Waals surface area contributed by atoms with Crippen molar-refractivity contribution in [3.05, 3.63) is 109 Å². The molecule has 0 atom stereocenters. The Balaban J connectivity index is 1.00. The molecule has 322 valence electrons. The topological polar surface area (TPSA) is 43.4 Å². The van der Waals surface area contributed by atoms with E-state index in [1.807, 2.05) is 22.7 Å². The standard InChI is InChI=1S/C51H33B3N2O4S7/c1-61-24-14-35-45-36(15-24)56(65-5)34-23-38-32(54-47-40(58-38)17-26(63-3)19-42(47)60-49-28-11-7-9-13-44(28)67-51(49)54)21-30(34)52(45)29-20-31-37(22-33(29)55(35)64-4)57-39-16-25(62-2)18-41-46(39)53(31)50-48(59-41)27-10-6-8-12-43(27)66-50/h6-23H,1-5H3. The summed E-state index contributed by atoms with van der Waals surface area (Å²) < 4.78 is 37.9. The highest BCUT2D eigenvalue weighted by Crippen LogP contribution is 2.49. The summed E-state index contributed by atoms with van der Waals surface area (Å²) in [5, 5.41) is 2.31. The van der Waals surface area contributed by atoms with Gasteiger partial charge in [-0.1, -0.05) is 36.4 Å². The summed E-state index contributed by atoms with van der Waals surface area (Å²) in [7, 11) is 0. The summed E-state index contributed by atoms with van der Waals surface area (Å²) in [6.45, 7) is -0.205. The van der Waals surface area contributed by atoms with Gasteiger partial charge in [0, 0.05) is 80.0 Å². The normalized spacial score (nSPS) is 14.7. The fourth-order valence-electron chi connectivity index (χ4n) is 11.4. The number of benzene rings is 7. The number of thioether (sulfide) groups is 3. The van der Waals surface area contributed by atoms with Crippen LogP contribution < -0.4 is 75.4 Å². The molecule has 0 fully saturated rings. The van der Waals surface area contributed by atoms with Crippen molar-refractivity contribution < 1.29 is 18.9 Å². The van der Waals surface area contributed by atoms with E-state index in [-0.39, 0.29) is 20.1 Å². The van der Waals surface area contributed by atoms with Crippen molar-refractivity contribution in [3.8, 4) is 46.0 Å². The van der Waals surface area contributed by atoms with Gasteiger partial charge in [-0.15, -0.1) is 58.0 Å². The monoisotopic (exact) mass is 994 g/mol. The molecule has 0 amide bonds. The Morgan fingerprint density at radius 3 is 1.25 bits per heavy atom. The van der Waals surface area contributed by atoms with Crippen LogP contribution in [0.1, 0.15) is 0 Å². The third-order valence-corrected chi connectivity index (χ3v) is 20.3. The molecule has 2 aromatic heterocycles. The van der Waals surface area contributed by atoms with Crippen molar-refractivity contribution in [2.24, 2.45) is 0 Å². The third kappa shape index (κ3) is 5.41. The van der Waals surface area contributed by atoms with Gasteiger partial charge in [-0.2, -0.15) is 0 Å². The Bertz CT molecular complexity index is 3490. The molecule has 0 bridgehead atoms. The zero-order valence-electron chi connectivity index (χ0n) is 36.5. The van der Waals surface area contributed by atoms with Crippen LogP contribution in [-0.2, 0) is 0 Å². The quantitative estimate of drug-likeness (QED) is 0.0942. The molecule has 15 rings (SSSR count). The molecule has 0 radical (unpaired) electrons. The number of hydrogen-bond donors (Lipinski definition) is 0. The Labute approximate surface area is 418 Å². The smallest absolute Gasteiger partial charge is 0.273 e. The van der Waals surface area contributed by atoms with Crippen molar-refractivity contribution in [2.45, 2.75) is 14.7 Å². The molecular formula is C51H33B3N2O4S7. The molecule has 67 heavy (non-hydrogen) atoms. The number of rotatable bonds is 5. The molecule has 6 aliphatic heterocycles. The average Bonchev–Trinajstić information content (AvgIpc) is 3.93. The van der Waals surface area contributed by atoms with E-state index >= 15 is 0 Å². The Morgan fingerprint density at radius 1 is 0.403 bits per heavy atom. The average molecular weight is 995 g/mol. The summed E-state index contributed by atoms with van der Waals surface area (Å²) in [5.41, 5.74) is 13.1. The Kier molecular flexibility index (Phi) is 8.75. The van der Waals surface area contributed by atoms with E-state index < -0.39 is 0 Å². The van der Waals surface area contributed by atoms with Crippen LogP contribution in [0.5, 0.6) is 46.0 Å². The van der Waals surface area contributed by atoms with Gasteiger partial charge in [0.1, 0.15) is 46.0 Å². The van der Waals surface area contributed by atoms with Gasteiger partial charge in [-0.25, -0.2) is 0 Å². The van der Waals surface area contributed by atoms with Crippen LogP contribution >= 0.6 is 81.9 Å². The van der Waals surface area contributed by atoms with Crippen LogP contribution in [0.15, 0.2) is 124 Å². The van der Waals surface area contributed by atoms with Crippen molar-refractivity contribution in [2.75, 3.05) is 39.9 Å². The zero-order valence-corrected chi connectivity index (χ0v) is 42.2. The molecule has 0 saturated heterocycles. The molecule has 6 nitrogen and oxygen atoms in total. The lowest BCUT2D eigenvalue weighted by Gasteiger charge is -2.44. The second-order valence-corrected chi connectivity index (χ2v) is 23.6. The van der Waals surface area contributed by atoms with Gasteiger partial charge in [0.15, 0.2) is 0 Å². The molecule has 6 aliphatic rings. The lowest BCUT2D eigenvalue weighted by atomic mass is 9.30. The minimum Gasteiger partial charge on any atom is -0.458 e. The van der Waals surface area contributed by atoms with Gasteiger partial charge in [0.2, 0.25) is 0 Å². The molecule has 0 saturated carbocycles. The summed E-state index contributed by atoms with van der Waals surface area (Å²) >= 11 is 12.4. The maximum atomic E-state index is 7.12. The van der Waals surface area contributed by atoms with Crippen LogP contribution in [0.25, 0.3) is 20.2 Å². The molecule has 16 heteroatoms. The van der Waals surface area contributed by atoms with Gasteiger partial charge in [-0.3, -0.25) is 8.61 Å². The first kappa shape index (κ1) is 40.1. The van der Waals surface area contributed by atoms with Crippen molar-refractivity contribution in [1.82, 2.24) is 0 Å². The predicted octanol–water partition coefficient (Wildman–Crippen LogP) is 9.71. The first-order valence-corrected chi connectivity index (χ1v) is 29.6. The van der Waals surface area contributed by atoms with Gasteiger partial charge in [-0.05, 0) is 131 Å². The van der Waals surface area contributed by atoms with E-state index in [0.717, 1.165) is 88.9 Å². The van der Waals surface area contributed by atoms with E-state index in [1.54, 1.807) is 59.2 Å². The summed E-state index contributed by atoms with van der Waals surface area (Å²) in [5.74, 6) is 7.19. The predicted molar refractivity (Wildman–Crippen MR) is 297 cm³/mol. The summed E-state index contributed by atoms with van der Waals surface area (Å²) in [4.78, 5) is 3.45. The molecule has 0 N–H and O–H groups in total. The van der Waals surface area contributed by atoms with E-state index in [4.69, 9.17) is 18.9 Å². The number of nitrogens with zero attached hydrogens (tertiary/aromatic N) is 2. The van der Waals surface area contributed by atoms with Crippen molar-refractivity contribution >= 4 is 193 Å². The summed E-state index contributed by atoms with van der Waals surface area (Å²) in [6, 6.07) is 40.6. The SMILES string of the molecule is CSc1cc2c3c(c1)Oc1c(sc4ccccc14)B3c1cc3c(cc1O2)N(SC)c1cc(SC)cc2c1B3c1cc3c(cc1N2SC)Oc1cc(SC)cc2c1B3c1sc3ccccc3c1O2. The van der Waals surface area contributed by atoms with Crippen LogP contribution in [0.4, 0.5) is 22.7 Å². The zero-order chi connectivity index (χ0) is 44.6. The fraction of sp³-hybridized carbons (Fsp3) is 0.0980. The lowest BCUT2D eigenvalue weighted by Crippen LogP contribution is -2.64. The van der Waals surface area contributed by atoms with Crippen molar-refractivity contribution in [1.29, 1.82) is 0 Å². The highest BCUT2D eigenvalue weighted by Gasteiger charge is 2.50. The van der Waals surface area contributed by atoms with Gasteiger partial charge < -0.3 is 18.9 Å². The maximum Gasteiger partial charge on any atom is 0.273 e. The van der Waals surface area contributed by atoms with Crippen LogP contribution in [-0.4, -0.2) is 51.4 Å². The third-order valence-electron chi connectivity index (χ3n) is 14.2. The first-order chi connectivity index (χ1) is 32.9. The minimum absolute atomic E-state index is 0.0593. The Morgan fingerprint density at radius 2 is 0.821 bits per heavy atom. The van der Waals surface area contributed by atoms with Gasteiger partial charge in [0.05, 0.1) is 22.7 Å². The summed E-state index contributed by atoms with van der Waals surface area (Å²) in [6.07, 6.45) is 10.8. The maximum absolute atomic E-state index is 7.12. The highest BCUT2D eigenvalue weighted by atomic mass is 32.2. The largest absolute Gasteiger partial charge is 0.458 e. The van der Waals surface area contributed by atoms with E-state index in [1.165, 1.54) is 62.5 Å². The molecule has 0 unspecified atom stereocenters. The molecule has 0 aliphatic carbocycles. The van der Waals surface area contributed by atoms with E-state index in [9.17, 15) is 0 Å². The molecule has 9 aromatic rings. The number of hydrogen-bond acceptors (Lipinski definition) is 13. The van der Waals surface area contributed by atoms with Gasteiger partial charge >= 0.3 is 0 Å². The molecule has 0 spiro atoms. The second kappa shape index (κ2) is 14.6. The van der Waals surface area contributed by atoms with Crippen LogP contribution in [0.3, 0.4) is 0 Å². The molecular weight excluding hydrogens is 961 g/mol. The van der Waals surface area contributed by atoms with Gasteiger partial charge in [0.25, 0.3) is 20.1 Å². The van der Waals surface area contributed by atoms with E-state index in [0.29, 0.717) is 0 Å². The van der Waals surface area contributed by atoms with Crippen LogP contribution in [0, 0.1) is 0 Å². The van der Waals surface area contributed by atoms with E-state index in [2.05, 4.69) is 149 Å². The molecule has 8 heterocycles. The number of fused-ring (bicyclic) bond motifs is 16. The Hall–Kier alpha value is -4.80. The number of ether oxygens (including phenoxy) is 4. The number of anilines is 4. The lowest BCUT2D eigenvalue weighted by molar-refractivity contribution is 0.465. The highest BCUT2D eigenvalue weighted by molar-refractivity contribution is 8.01. The minimum atomic E-state index is -0.0868.